The van der Waals surface area contributed by atoms with Crippen molar-refractivity contribution in [2.24, 2.45) is 0 Å². The molecule has 1 saturated heterocycles. The van der Waals surface area contributed by atoms with Gasteiger partial charge in [0.15, 0.2) is 11.5 Å². The molecule has 0 aromatic heterocycles. The SMILES string of the molecule is COc1cccc(CCNC(=O)CC2CCCCN2C)c1OC. The number of benzene rings is 1. The van der Waals surface area contributed by atoms with Crippen molar-refractivity contribution in [2.45, 2.75) is 38.1 Å². The lowest BCUT2D eigenvalue weighted by Crippen LogP contribution is -2.40. The molecule has 1 unspecified atom stereocenters. The molecule has 0 bridgehead atoms. The van der Waals surface area contributed by atoms with Crippen LogP contribution in [0.5, 0.6) is 11.5 Å². The summed E-state index contributed by atoms with van der Waals surface area (Å²) in [7, 11) is 5.38. The lowest BCUT2D eigenvalue weighted by atomic mass is 10.00. The van der Waals surface area contributed by atoms with Crippen LogP contribution < -0.4 is 14.8 Å². The summed E-state index contributed by atoms with van der Waals surface area (Å²) < 4.78 is 10.7. The molecule has 1 aliphatic heterocycles. The van der Waals surface area contributed by atoms with Crippen molar-refractivity contribution in [3.8, 4) is 11.5 Å². The smallest absolute Gasteiger partial charge is 0.221 e. The van der Waals surface area contributed by atoms with Crippen LogP contribution in [0, 0.1) is 0 Å². The molecule has 2 rings (SSSR count). The van der Waals surface area contributed by atoms with Gasteiger partial charge >= 0.3 is 0 Å². The standard InChI is InChI=1S/C18H28N2O3/c1-20-12-5-4-8-15(20)13-17(21)19-11-10-14-7-6-9-16(22-2)18(14)23-3/h6-7,9,15H,4-5,8,10-13H2,1-3H3,(H,19,21). The van der Waals surface area contributed by atoms with Crippen LogP contribution >= 0.6 is 0 Å². The van der Waals surface area contributed by atoms with Crippen LogP contribution in [0.3, 0.4) is 0 Å². The van der Waals surface area contributed by atoms with Crippen LogP contribution in [-0.2, 0) is 11.2 Å². The quantitative estimate of drug-likeness (QED) is 0.837. The first-order valence-electron chi connectivity index (χ1n) is 8.32. The fraction of sp³-hybridized carbons (Fsp3) is 0.611. The minimum Gasteiger partial charge on any atom is -0.493 e. The molecular weight excluding hydrogens is 292 g/mol. The second-order valence-electron chi connectivity index (χ2n) is 6.09. The van der Waals surface area contributed by atoms with E-state index in [1.165, 1.54) is 12.8 Å². The molecule has 1 aromatic carbocycles. The minimum absolute atomic E-state index is 0.130. The molecular formula is C18H28N2O3. The molecule has 1 fully saturated rings. The maximum absolute atomic E-state index is 12.1. The van der Waals surface area contributed by atoms with Crippen LogP contribution in [0.25, 0.3) is 0 Å². The van der Waals surface area contributed by atoms with Gasteiger partial charge in [-0.15, -0.1) is 0 Å². The van der Waals surface area contributed by atoms with Crippen LogP contribution in [0.2, 0.25) is 0 Å². The number of nitrogens with one attached hydrogen (secondary N) is 1. The summed E-state index contributed by atoms with van der Waals surface area (Å²) >= 11 is 0. The summed E-state index contributed by atoms with van der Waals surface area (Å²) in [6.45, 7) is 1.71. The largest absolute Gasteiger partial charge is 0.493 e. The number of likely N-dealkylation sites (tertiary alicyclic amines) is 1. The van der Waals surface area contributed by atoms with Gasteiger partial charge in [0.1, 0.15) is 0 Å². The van der Waals surface area contributed by atoms with Gasteiger partial charge < -0.3 is 19.7 Å². The molecule has 0 aliphatic carbocycles. The van der Waals surface area contributed by atoms with Crippen molar-refractivity contribution in [1.29, 1.82) is 0 Å². The van der Waals surface area contributed by atoms with Crippen LogP contribution in [0.1, 0.15) is 31.2 Å². The van der Waals surface area contributed by atoms with Gasteiger partial charge in [0.25, 0.3) is 0 Å². The van der Waals surface area contributed by atoms with Crippen molar-refractivity contribution in [3.05, 3.63) is 23.8 Å². The van der Waals surface area contributed by atoms with E-state index in [0.29, 0.717) is 19.0 Å². The Kier molecular flexibility index (Phi) is 6.71. The van der Waals surface area contributed by atoms with Gasteiger partial charge in [0.2, 0.25) is 5.91 Å². The lowest BCUT2D eigenvalue weighted by Gasteiger charge is -2.31. The van der Waals surface area contributed by atoms with Crippen LogP contribution in [0.4, 0.5) is 0 Å². The summed E-state index contributed by atoms with van der Waals surface area (Å²) in [5.74, 6) is 1.60. The van der Waals surface area contributed by atoms with Gasteiger partial charge in [-0.3, -0.25) is 4.79 Å². The number of para-hydroxylation sites is 1. The van der Waals surface area contributed by atoms with Gasteiger partial charge in [0, 0.05) is 19.0 Å². The van der Waals surface area contributed by atoms with Crippen molar-refractivity contribution < 1.29 is 14.3 Å². The molecule has 1 heterocycles. The van der Waals surface area contributed by atoms with Gasteiger partial charge in [-0.25, -0.2) is 0 Å². The number of amides is 1. The molecule has 23 heavy (non-hydrogen) atoms. The predicted octanol–water partition coefficient (Wildman–Crippen LogP) is 2.24. The van der Waals surface area contributed by atoms with E-state index in [1.54, 1.807) is 14.2 Å². The van der Waals surface area contributed by atoms with E-state index in [-0.39, 0.29) is 5.91 Å². The van der Waals surface area contributed by atoms with Gasteiger partial charge in [-0.05, 0) is 44.5 Å². The number of methoxy groups -OCH3 is 2. The zero-order valence-electron chi connectivity index (χ0n) is 14.4. The molecule has 0 saturated carbocycles. The Bertz CT molecular complexity index is 519. The Balaban J connectivity index is 1.81. The molecule has 0 radical (unpaired) electrons. The molecule has 5 heteroatoms. The molecule has 1 N–H and O–H groups in total. The summed E-state index contributed by atoms with van der Waals surface area (Å²) in [4.78, 5) is 14.4. The topological polar surface area (TPSA) is 50.8 Å². The van der Waals surface area contributed by atoms with E-state index in [4.69, 9.17) is 9.47 Å². The van der Waals surface area contributed by atoms with E-state index >= 15 is 0 Å². The second-order valence-corrected chi connectivity index (χ2v) is 6.09. The highest BCUT2D eigenvalue weighted by Crippen LogP contribution is 2.30. The van der Waals surface area contributed by atoms with Crippen LogP contribution in [-0.4, -0.2) is 51.2 Å². The summed E-state index contributed by atoms with van der Waals surface area (Å²) in [5, 5.41) is 3.03. The first-order valence-corrected chi connectivity index (χ1v) is 8.32. The third-order valence-corrected chi connectivity index (χ3v) is 4.54. The summed E-state index contributed by atoms with van der Waals surface area (Å²) in [6.07, 6.45) is 4.90. The Morgan fingerprint density at radius 1 is 1.30 bits per heavy atom. The number of carbonyl (C=O) groups excluding carboxylic acids is 1. The molecule has 1 amide bonds. The number of hydrogen-bond donors (Lipinski definition) is 1. The van der Waals surface area contributed by atoms with Gasteiger partial charge in [-0.1, -0.05) is 18.6 Å². The summed E-state index contributed by atoms with van der Waals surface area (Å²) in [6, 6.07) is 6.20. The third kappa shape index (κ3) is 4.86. The molecule has 1 aliphatic rings. The lowest BCUT2D eigenvalue weighted by molar-refractivity contribution is -0.122. The van der Waals surface area contributed by atoms with E-state index in [1.807, 2.05) is 18.2 Å². The Morgan fingerprint density at radius 2 is 2.13 bits per heavy atom. The first-order chi connectivity index (χ1) is 11.2. The number of ether oxygens (including phenoxy) is 2. The fourth-order valence-corrected chi connectivity index (χ4v) is 3.18. The highest BCUT2D eigenvalue weighted by molar-refractivity contribution is 5.76. The van der Waals surface area contributed by atoms with Crippen molar-refractivity contribution >= 4 is 5.91 Å². The van der Waals surface area contributed by atoms with E-state index in [0.717, 1.165) is 36.4 Å². The normalized spacial score (nSPS) is 18.5. The minimum atomic E-state index is 0.130. The van der Waals surface area contributed by atoms with Crippen LogP contribution in [0.15, 0.2) is 18.2 Å². The van der Waals surface area contributed by atoms with Crippen molar-refractivity contribution in [2.75, 3.05) is 34.4 Å². The Hall–Kier alpha value is -1.75. The van der Waals surface area contributed by atoms with Crippen molar-refractivity contribution in [1.82, 2.24) is 10.2 Å². The summed E-state index contributed by atoms with van der Waals surface area (Å²) in [5.41, 5.74) is 1.04. The number of hydrogen-bond acceptors (Lipinski definition) is 4. The average Bonchev–Trinajstić information content (AvgIpc) is 2.56. The number of piperidine rings is 1. The highest BCUT2D eigenvalue weighted by Gasteiger charge is 2.21. The number of nitrogens with zero attached hydrogens (tertiary/aromatic N) is 1. The second kappa shape index (κ2) is 8.77. The maximum atomic E-state index is 12.1. The van der Waals surface area contributed by atoms with Gasteiger partial charge in [-0.2, -0.15) is 0 Å². The zero-order valence-corrected chi connectivity index (χ0v) is 14.4. The van der Waals surface area contributed by atoms with Gasteiger partial charge in [0.05, 0.1) is 14.2 Å². The zero-order chi connectivity index (χ0) is 16.7. The Morgan fingerprint density at radius 3 is 2.83 bits per heavy atom. The van der Waals surface area contributed by atoms with E-state index in [9.17, 15) is 4.79 Å². The molecule has 1 atom stereocenters. The molecule has 128 valence electrons. The third-order valence-electron chi connectivity index (χ3n) is 4.54. The number of carbonyl (C=O) groups is 1. The first kappa shape index (κ1) is 17.6. The predicted molar refractivity (Wildman–Crippen MR) is 91.1 cm³/mol. The van der Waals surface area contributed by atoms with E-state index in [2.05, 4.69) is 17.3 Å². The highest BCUT2D eigenvalue weighted by atomic mass is 16.5. The molecule has 5 nitrogen and oxygen atoms in total. The van der Waals surface area contributed by atoms with Crippen molar-refractivity contribution in [3.63, 3.8) is 0 Å². The average molecular weight is 320 g/mol. The monoisotopic (exact) mass is 320 g/mol. The Labute approximate surface area is 139 Å². The molecule has 0 spiro atoms. The maximum Gasteiger partial charge on any atom is 0.221 e. The fourth-order valence-electron chi connectivity index (χ4n) is 3.18. The van der Waals surface area contributed by atoms with E-state index < -0.39 is 0 Å². The molecule has 1 aromatic rings. The number of rotatable bonds is 7.